The molecule has 4 heterocycles. The lowest BCUT2D eigenvalue weighted by atomic mass is 9.82. The minimum Gasteiger partial charge on any atom is -1.00 e. The van der Waals surface area contributed by atoms with Crippen LogP contribution in [-0.4, -0.2) is 58.9 Å². The summed E-state index contributed by atoms with van der Waals surface area (Å²) in [6, 6.07) is 14.8. The van der Waals surface area contributed by atoms with E-state index in [1.54, 1.807) is 54.6 Å². The topological polar surface area (TPSA) is 102 Å². The number of nitrogens with zero attached hydrogens (tertiary/aromatic N) is 2. The van der Waals surface area contributed by atoms with Crippen molar-refractivity contribution in [2.75, 3.05) is 31.5 Å². The fourth-order valence-electron chi connectivity index (χ4n) is 5.44. The third kappa shape index (κ3) is 5.42. The van der Waals surface area contributed by atoms with Crippen LogP contribution < -0.4 is 22.3 Å². The van der Waals surface area contributed by atoms with Crippen molar-refractivity contribution in [1.82, 2.24) is 5.16 Å². The van der Waals surface area contributed by atoms with Crippen molar-refractivity contribution in [1.29, 1.82) is 0 Å². The Morgan fingerprint density at radius 2 is 1.65 bits per heavy atom. The molecule has 0 unspecified atom stereocenters. The Morgan fingerprint density at radius 3 is 2.19 bits per heavy atom. The third-order valence-electron chi connectivity index (χ3n) is 7.31. The third-order valence-corrected chi connectivity index (χ3v) is 7.97. The molecule has 0 aliphatic carbocycles. The highest BCUT2D eigenvalue weighted by molar-refractivity contribution is 6.33. The molecule has 2 aromatic carbocycles. The van der Waals surface area contributed by atoms with Crippen molar-refractivity contribution in [3.05, 3.63) is 82.0 Å². The molecule has 37 heavy (non-hydrogen) atoms. The average Bonchev–Trinajstić information content (AvgIpc) is 3.37. The van der Waals surface area contributed by atoms with Gasteiger partial charge in [0.05, 0.1) is 13.1 Å². The van der Waals surface area contributed by atoms with E-state index in [0.29, 0.717) is 16.8 Å². The van der Waals surface area contributed by atoms with Crippen molar-refractivity contribution in [3.63, 3.8) is 0 Å². The van der Waals surface area contributed by atoms with Crippen LogP contribution in [0.25, 0.3) is 0 Å². The maximum absolute atomic E-state index is 13.8. The van der Waals surface area contributed by atoms with Crippen molar-refractivity contribution in [2.24, 2.45) is 5.92 Å². The number of fused-ring (bicyclic) bond motifs is 3. The summed E-state index contributed by atoms with van der Waals surface area (Å²) >= 11 is 12.9. The predicted molar refractivity (Wildman–Crippen MR) is 133 cm³/mol. The van der Waals surface area contributed by atoms with Crippen LogP contribution in [0, 0.1) is 5.92 Å². The summed E-state index contributed by atoms with van der Waals surface area (Å²) in [6.45, 7) is 2.32. The van der Waals surface area contributed by atoms with Gasteiger partial charge in [0.2, 0.25) is 5.60 Å². The molecule has 1 aromatic heterocycles. The van der Waals surface area contributed by atoms with Crippen LogP contribution in [0.5, 0.6) is 0 Å². The molecule has 2 N–H and O–H groups in total. The number of aromatic nitrogens is 1. The predicted octanol–water partition coefficient (Wildman–Crippen LogP) is 1.01. The summed E-state index contributed by atoms with van der Waals surface area (Å²) in [5.74, 6) is -0.516. The molecule has 3 aliphatic rings. The summed E-state index contributed by atoms with van der Waals surface area (Å²) in [7, 11) is 0. The number of carbonyl (C=O) groups excluding carboxylic acids is 2. The normalized spacial score (nSPS) is 22.7. The largest absolute Gasteiger partial charge is 1.00 e. The van der Waals surface area contributed by atoms with Crippen LogP contribution in [0.4, 0.5) is 5.82 Å². The second-order valence-electron chi connectivity index (χ2n) is 9.51. The highest BCUT2D eigenvalue weighted by Gasteiger charge is 2.52. The molecule has 3 aliphatic heterocycles. The van der Waals surface area contributed by atoms with Gasteiger partial charge in [-0.1, -0.05) is 64.8 Å². The number of ether oxygens (including phenoxy) is 1. The van der Waals surface area contributed by atoms with Gasteiger partial charge >= 0.3 is 5.97 Å². The Kier molecular flexibility index (Phi) is 8.30. The Morgan fingerprint density at radius 1 is 1.05 bits per heavy atom. The molecule has 1 amide bonds. The van der Waals surface area contributed by atoms with Gasteiger partial charge < -0.3 is 41.1 Å². The van der Waals surface area contributed by atoms with Crippen LogP contribution in [0.1, 0.15) is 24.0 Å². The van der Waals surface area contributed by atoms with Gasteiger partial charge in [0.1, 0.15) is 12.8 Å². The molecule has 6 rings (SSSR count). The molecular weight excluding hydrogens is 585 g/mol. The van der Waals surface area contributed by atoms with Gasteiger partial charge in [-0.3, -0.25) is 4.79 Å². The number of aliphatic hydroxyl groups is 1. The van der Waals surface area contributed by atoms with Crippen LogP contribution in [0.15, 0.2) is 65.4 Å². The number of anilines is 1. The lowest BCUT2D eigenvalue weighted by Gasteiger charge is -2.51. The van der Waals surface area contributed by atoms with Crippen molar-refractivity contribution in [2.45, 2.75) is 24.5 Å². The number of nitrogens with one attached hydrogen (secondary N) is 1. The molecule has 0 saturated carbocycles. The van der Waals surface area contributed by atoms with E-state index in [1.165, 1.54) is 6.26 Å². The molecule has 8 nitrogen and oxygen atoms in total. The summed E-state index contributed by atoms with van der Waals surface area (Å²) in [6.07, 6.45) is 2.55. The molecule has 3 aromatic rings. The fraction of sp³-hybridized carbons (Fsp3) is 0.346. The first kappa shape index (κ1) is 27.6. The molecule has 0 spiro atoms. The molecule has 2 bridgehead atoms. The molecule has 11 heteroatoms. The summed E-state index contributed by atoms with van der Waals surface area (Å²) in [4.78, 5) is 26.5. The van der Waals surface area contributed by atoms with Crippen LogP contribution in [-0.2, 0) is 19.9 Å². The number of piperidine rings is 3. The van der Waals surface area contributed by atoms with E-state index in [-0.39, 0.29) is 56.5 Å². The fourth-order valence-corrected chi connectivity index (χ4v) is 5.98. The van der Waals surface area contributed by atoms with Crippen molar-refractivity contribution < 1.29 is 45.4 Å². The van der Waals surface area contributed by atoms with E-state index in [0.717, 1.165) is 25.9 Å². The minimum absolute atomic E-state index is 0. The maximum atomic E-state index is 13.8. The number of benzene rings is 2. The van der Waals surface area contributed by atoms with Gasteiger partial charge in [0.25, 0.3) is 5.91 Å². The molecule has 196 valence electrons. The second kappa shape index (κ2) is 11.1. The number of carbonyl (C=O) groups is 2. The Balaban J connectivity index is 0.00000320. The molecule has 1 atom stereocenters. The summed E-state index contributed by atoms with van der Waals surface area (Å²) in [5, 5.41) is 18.8. The smallest absolute Gasteiger partial charge is 0.348 e. The monoisotopic (exact) mass is 609 g/mol. The summed E-state index contributed by atoms with van der Waals surface area (Å²) in [5.41, 5.74) is -1.80. The lowest BCUT2D eigenvalue weighted by Crippen LogP contribution is -3.00. The van der Waals surface area contributed by atoms with E-state index < -0.39 is 17.7 Å². The lowest BCUT2D eigenvalue weighted by molar-refractivity contribution is -0.939. The number of rotatable bonds is 7. The first-order valence-electron chi connectivity index (χ1n) is 11.8. The number of esters is 1. The van der Waals surface area contributed by atoms with Gasteiger partial charge in [-0.05, 0) is 12.1 Å². The van der Waals surface area contributed by atoms with E-state index in [1.807, 2.05) is 0 Å². The minimum atomic E-state index is -2.20. The van der Waals surface area contributed by atoms with E-state index in [9.17, 15) is 14.7 Å². The maximum Gasteiger partial charge on any atom is 0.348 e. The zero-order valence-electron chi connectivity index (χ0n) is 19.8. The van der Waals surface area contributed by atoms with E-state index in [4.69, 9.17) is 32.5 Å². The summed E-state index contributed by atoms with van der Waals surface area (Å²) < 4.78 is 11.3. The van der Waals surface area contributed by atoms with Crippen LogP contribution >= 0.6 is 23.2 Å². The SMILES string of the molecule is O=C(C[N+]12CCC(CC1)[C@@H](OC(=O)C(O)(c1ccccc1Cl)c1ccccc1Cl)C2)Nc1ccon1.[Br-]. The molecule has 0 radical (unpaired) electrons. The van der Waals surface area contributed by atoms with Gasteiger partial charge in [0.15, 0.2) is 18.5 Å². The molecular formula is C26H26BrCl2N3O5. The van der Waals surface area contributed by atoms with Gasteiger partial charge in [-0.2, -0.15) is 0 Å². The average molecular weight is 611 g/mol. The van der Waals surface area contributed by atoms with Gasteiger partial charge in [0, 0.05) is 46.0 Å². The van der Waals surface area contributed by atoms with E-state index >= 15 is 0 Å². The van der Waals surface area contributed by atoms with E-state index in [2.05, 4.69) is 10.5 Å². The van der Waals surface area contributed by atoms with Crippen LogP contribution in [0.2, 0.25) is 10.0 Å². The number of hydrogen-bond acceptors (Lipinski definition) is 6. The number of quaternary nitrogens is 1. The Bertz CT molecular complexity index is 1220. The first-order valence-corrected chi connectivity index (χ1v) is 12.6. The highest BCUT2D eigenvalue weighted by atomic mass is 79.9. The van der Waals surface area contributed by atoms with Gasteiger partial charge in [-0.25, -0.2) is 4.79 Å². The highest BCUT2D eigenvalue weighted by Crippen LogP contribution is 2.41. The number of hydrogen-bond donors (Lipinski definition) is 2. The second-order valence-corrected chi connectivity index (χ2v) is 10.3. The number of halogens is 3. The Labute approximate surface area is 234 Å². The Hall–Kier alpha value is -2.43. The van der Waals surface area contributed by atoms with Crippen molar-refractivity contribution in [3.8, 4) is 0 Å². The van der Waals surface area contributed by atoms with Crippen LogP contribution in [0.3, 0.4) is 0 Å². The van der Waals surface area contributed by atoms with Crippen molar-refractivity contribution >= 4 is 40.9 Å². The zero-order chi connectivity index (χ0) is 25.3. The van der Waals surface area contributed by atoms with Gasteiger partial charge in [-0.15, -0.1) is 0 Å². The quantitative estimate of drug-likeness (QED) is 0.306. The standard InChI is InChI=1S/C26H25Cl2N3O5.BrH/c27-20-7-3-1-5-18(20)26(34,19-6-2-4-8-21(19)28)25(33)36-22-15-31(12-9-17(22)10-13-31)16-24(32)29-23-11-14-35-30-23;/h1-8,11,14,17,22,34H,9-10,12-13,15-16H2;1H/t17?,22-,31?;/m0./s1. The first-order chi connectivity index (χ1) is 17.3. The molecule has 3 fully saturated rings. The molecule has 3 saturated heterocycles. The number of amides is 1. The zero-order valence-corrected chi connectivity index (χ0v) is 22.9.